The fourth-order valence-corrected chi connectivity index (χ4v) is 4.59. The first-order valence-corrected chi connectivity index (χ1v) is 10.3. The molecule has 4 rings (SSSR count). The molecule has 1 aromatic heterocycles. The Hall–Kier alpha value is -1.83. The van der Waals surface area contributed by atoms with Gasteiger partial charge in [0.2, 0.25) is 5.91 Å². The molecule has 1 saturated carbocycles. The number of amides is 1. The van der Waals surface area contributed by atoms with E-state index in [1.807, 2.05) is 6.07 Å². The monoisotopic (exact) mass is 389 g/mol. The van der Waals surface area contributed by atoms with E-state index in [4.69, 9.17) is 10.5 Å². The molecule has 2 aliphatic rings. The molecule has 27 heavy (non-hydrogen) atoms. The molecule has 2 fully saturated rings. The number of hydrogen-bond donors (Lipinski definition) is 2. The Kier molecular flexibility index (Phi) is 5.52. The Morgan fingerprint density at radius 1 is 1.30 bits per heavy atom. The maximum absolute atomic E-state index is 14.0. The molecule has 1 aliphatic carbocycles. The molecule has 144 valence electrons. The van der Waals surface area contributed by atoms with Crippen molar-refractivity contribution in [1.29, 1.82) is 0 Å². The zero-order valence-corrected chi connectivity index (χ0v) is 15.9. The van der Waals surface area contributed by atoms with Crippen LogP contribution in [-0.2, 0) is 16.0 Å². The van der Waals surface area contributed by atoms with Crippen LogP contribution in [-0.4, -0.2) is 30.1 Å². The molecule has 5 nitrogen and oxygen atoms in total. The SMILES string of the molecule is NC(C(=O)Nc1nc(C2CC2)c(Cc2ccccc2F)s1)C1CCOCC1. The highest BCUT2D eigenvalue weighted by atomic mass is 32.1. The van der Waals surface area contributed by atoms with E-state index in [0.717, 1.165) is 36.3 Å². The molecule has 2 heterocycles. The van der Waals surface area contributed by atoms with Gasteiger partial charge in [-0.1, -0.05) is 18.2 Å². The number of nitrogens with zero attached hydrogens (tertiary/aromatic N) is 1. The second-order valence-electron chi connectivity index (χ2n) is 7.33. The predicted octanol–water partition coefficient (Wildman–Crippen LogP) is 3.44. The van der Waals surface area contributed by atoms with Gasteiger partial charge in [0, 0.05) is 30.4 Å². The summed E-state index contributed by atoms with van der Waals surface area (Å²) in [7, 11) is 0. The number of hydrogen-bond acceptors (Lipinski definition) is 5. The molecule has 0 bridgehead atoms. The number of thiazole rings is 1. The Labute approximate surface area is 162 Å². The maximum atomic E-state index is 14.0. The number of aromatic nitrogens is 1. The van der Waals surface area contributed by atoms with E-state index >= 15 is 0 Å². The zero-order chi connectivity index (χ0) is 18.8. The van der Waals surface area contributed by atoms with Gasteiger partial charge in [0.05, 0.1) is 11.7 Å². The third kappa shape index (κ3) is 4.36. The van der Waals surface area contributed by atoms with Crippen molar-refractivity contribution < 1.29 is 13.9 Å². The normalized spacial score (nSPS) is 19.0. The van der Waals surface area contributed by atoms with Crippen molar-refractivity contribution in [2.24, 2.45) is 11.7 Å². The van der Waals surface area contributed by atoms with Crippen LogP contribution < -0.4 is 11.1 Å². The third-order valence-electron chi connectivity index (χ3n) is 5.31. The first-order chi connectivity index (χ1) is 13.1. The molecular weight excluding hydrogens is 365 g/mol. The van der Waals surface area contributed by atoms with Crippen molar-refractivity contribution in [1.82, 2.24) is 4.98 Å². The quantitative estimate of drug-likeness (QED) is 0.793. The van der Waals surface area contributed by atoms with Gasteiger partial charge in [-0.3, -0.25) is 4.79 Å². The minimum atomic E-state index is -0.558. The molecule has 0 radical (unpaired) electrons. The summed E-state index contributed by atoms with van der Waals surface area (Å²) < 4.78 is 19.4. The highest BCUT2D eigenvalue weighted by Crippen LogP contribution is 2.44. The van der Waals surface area contributed by atoms with Crippen LogP contribution in [0.2, 0.25) is 0 Å². The van der Waals surface area contributed by atoms with Gasteiger partial charge < -0.3 is 15.8 Å². The van der Waals surface area contributed by atoms with E-state index in [1.54, 1.807) is 12.1 Å². The summed E-state index contributed by atoms with van der Waals surface area (Å²) in [6.45, 7) is 1.31. The van der Waals surface area contributed by atoms with E-state index in [2.05, 4.69) is 10.3 Å². The van der Waals surface area contributed by atoms with Gasteiger partial charge in [-0.2, -0.15) is 0 Å². The summed E-state index contributed by atoms with van der Waals surface area (Å²) >= 11 is 1.43. The second kappa shape index (κ2) is 8.04. The topological polar surface area (TPSA) is 77.2 Å². The van der Waals surface area contributed by atoms with E-state index in [9.17, 15) is 9.18 Å². The largest absolute Gasteiger partial charge is 0.381 e. The van der Waals surface area contributed by atoms with Crippen molar-refractivity contribution in [3.63, 3.8) is 0 Å². The number of benzene rings is 1. The number of nitrogens with one attached hydrogen (secondary N) is 1. The lowest BCUT2D eigenvalue weighted by Crippen LogP contribution is -2.43. The number of nitrogens with two attached hydrogens (primary N) is 1. The summed E-state index contributed by atoms with van der Waals surface area (Å²) in [5.41, 5.74) is 7.81. The highest BCUT2D eigenvalue weighted by molar-refractivity contribution is 7.15. The van der Waals surface area contributed by atoms with E-state index in [0.29, 0.717) is 36.2 Å². The van der Waals surface area contributed by atoms with Crippen molar-refractivity contribution in [2.75, 3.05) is 18.5 Å². The molecular formula is C20H24FN3O2S. The third-order valence-corrected chi connectivity index (χ3v) is 6.29. The van der Waals surface area contributed by atoms with Crippen molar-refractivity contribution in [3.8, 4) is 0 Å². The molecule has 1 saturated heterocycles. The van der Waals surface area contributed by atoms with Gasteiger partial charge in [0.25, 0.3) is 0 Å². The van der Waals surface area contributed by atoms with Crippen LogP contribution in [0.15, 0.2) is 24.3 Å². The van der Waals surface area contributed by atoms with Gasteiger partial charge in [-0.05, 0) is 43.2 Å². The summed E-state index contributed by atoms with van der Waals surface area (Å²) in [5, 5.41) is 3.46. The number of anilines is 1. The summed E-state index contributed by atoms with van der Waals surface area (Å²) in [4.78, 5) is 18.2. The zero-order valence-electron chi connectivity index (χ0n) is 15.1. The summed E-state index contributed by atoms with van der Waals surface area (Å²) in [5.74, 6) is 0.160. The van der Waals surface area contributed by atoms with E-state index in [-0.39, 0.29) is 17.6 Å². The van der Waals surface area contributed by atoms with Crippen LogP contribution in [0.5, 0.6) is 0 Å². The minimum Gasteiger partial charge on any atom is -0.381 e. The fourth-order valence-electron chi connectivity index (χ4n) is 3.51. The molecule has 2 aromatic rings. The molecule has 1 amide bonds. The lowest BCUT2D eigenvalue weighted by Gasteiger charge is -2.26. The standard InChI is InChI=1S/C20H24FN3O2S/c21-15-4-2-1-3-14(15)11-16-18(13-5-6-13)23-20(27-16)24-19(25)17(22)12-7-9-26-10-8-12/h1-4,12-13,17H,5-11,22H2,(H,23,24,25). The average Bonchev–Trinajstić information content (AvgIpc) is 3.46. The molecule has 0 spiro atoms. The van der Waals surface area contributed by atoms with Crippen LogP contribution in [0.25, 0.3) is 0 Å². The lowest BCUT2D eigenvalue weighted by atomic mass is 9.92. The molecule has 1 unspecified atom stereocenters. The Morgan fingerprint density at radius 2 is 2.04 bits per heavy atom. The van der Waals surface area contributed by atoms with Gasteiger partial charge in [0.15, 0.2) is 5.13 Å². The van der Waals surface area contributed by atoms with Crippen LogP contribution >= 0.6 is 11.3 Å². The summed E-state index contributed by atoms with van der Waals surface area (Å²) in [6, 6.07) is 6.24. The lowest BCUT2D eigenvalue weighted by molar-refractivity contribution is -0.119. The Morgan fingerprint density at radius 3 is 2.74 bits per heavy atom. The minimum absolute atomic E-state index is 0.138. The fraction of sp³-hybridized carbons (Fsp3) is 0.500. The first-order valence-electron chi connectivity index (χ1n) is 9.49. The van der Waals surface area contributed by atoms with Gasteiger partial charge >= 0.3 is 0 Å². The molecule has 3 N–H and O–H groups in total. The number of halogens is 1. The first kappa shape index (κ1) is 18.5. The van der Waals surface area contributed by atoms with Crippen molar-refractivity contribution in [3.05, 3.63) is 46.2 Å². The van der Waals surface area contributed by atoms with Crippen LogP contribution in [0.4, 0.5) is 9.52 Å². The molecule has 1 aromatic carbocycles. The van der Waals surface area contributed by atoms with Crippen molar-refractivity contribution in [2.45, 2.75) is 44.1 Å². The number of carbonyl (C=O) groups is 1. The predicted molar refractivity (Wildman–Crippen MR) is 103 cm³/mol. The van der Waals surface area contributed by atoms with E-state index < -0.39 is 6.04 Å². The number of carbonyl (C=O) groups excluding carboxylic acids is 1. The number of rotatable bonds is 6. The maximum Gasteiger partial charge on any atom is 0.243 e. The van der Waals surface area contributed by atoms with E-state index in [1.165, 1.54) is 17.4 Å². The number of ether oxygens (including phenoxy) is 1. The van der Waals surface area contributed by atoms with Crippen LogP contribution in [0.3, 0.4) is 0 Å². The Bertz CT molecular complexity index is 815. The smallest absolute Gasteiger partial charge is 0.243 e. The van der Waals surface area contributed by atoms with Gasteiger partial charge in [0.1, 0.15) is 5.82 Å². The molecule has 7 heteroatoms. The van der Waals surface area contributed by atoms with Gasteiger partial charge in [-0.25, -0.2) is 9.37 Å². The summed E-state index contributed by atoms with van der Waals surface area (Å²) in [6.07, 6.45) is 4.31. The molecule has 1 aliphatic heterocycles. The second-order valence-corrected chi connectivity index (χ2v) is 8.42. The Balaban J connectivity index is 1.48. The van der Waals surface area contributed by atoms with Crippen molar-refractivity contribution >= 4 is 22.4 Å². The van der Waals surface area contributed by atoms with Gasteiger partial charge in [-0.15, -0.1) is 11.3 Å². The highest BCUT2D eigenvalue weighted by Gasteiger charge is 2.31. The van der Waals surface area contributed by atoms with Crippen LogP contribution in [0.1, 0.15) is 47.7 Å². The molecule has 1 atom stereocenters. The van der Waals surface area contributed by atoms with Crippen LogP contribution in [0, 0.1) is 11.7 Å². The average molecular weight is 389 g/mol.